The number of Topliss-reactive ketones (excluding diaryl/α,β-unsaturated/α-hetero) is 1. The Morgan fingerprint density at radius 3 is 2.20 bits per heavy atom. The van der Waals surface area contributed by atoms with E-state index in [9.17, 15) is 14.7 Å². The fourth-order valence-electron chi connectivity index (χ4n) is 5.13. The van der Waals surface area contributed by atoms with E-state index in [1.54, 1.807) is 31.2 Å². The zero-order chi connectivity index (χ0) is 30.3. The van der Waals surface area contributed by atoms with Crippen LogP contribution in [-0.2, 0) is 14.3 Å². The molecule has 1 saturated carbocycles. The molecule has 6 nitrogen and oxygen atoms in total. The van der Waals surface area contributed by atoms with E-state index in [1.165, 1.54) is 0 Å². The van der Waals surface area contributed by atoms with Gasteiger partial charge in [-0.15, -0.1) is 0 Å². The van der Waals surface area contributed by atoms with Gasteiger partial charge in [-0.25, -0.2) is 4.79 Å². The lowest BCUT2D eigenvalue weighted by Crippen LogP contribution is -2.37. The van der Waals surface area contributed by atoms with Crippen molar-refractivity contribution in [1.82, 2.24) is 0 Å². The Hall–Kier alpha value is -2.80. The number of nitrogens with two attached hydrogens (primary N) is 1. The van der Waals surface area contributed by atoms with Crippen LogP contribution in [0.4, 0.5) is 5.69 Å². The minimum absolute atomic E-state index is 0.00687. The Labute approximate surface area is 254 Å². The standard InChI is InChI=1S/C31H36Cl2N2O4.C2H6/c1-4-22(31(37)38)23-11-10-20(16-24(23)18(2)3)35-14-12-21(13-15-35)39-17-25(30(36)19-8-9-19)29(34)28-26(32)6-5-7-27(28)33;1-2/h4-7,10-11,16,18-19,21H,8-9,12-15,17,34H2,1-3H3,(H,37,38);1-2H3/b22-4+,29-25-;. The third-order valence-corrected chi connectivity index (χ3v) is 8.17. The van der Waals surface area contributed by atoms with Gasteiger partial charge in [0.1, 0.15) is 0 Å². The number of benzene rings is 2. The molecule has 0 aromatic heterocycles. The van der Waals surface area contributed by atoms with Crippen molar-refractivity contribution < 1.29 is 19.4 Å². The van der Waals surface area contributed by atoms with Crippen molar-refractivity contribution in [2.75, 3.05) is 24.6 Å². The number of halogens is 2. The van der Waals surface area contributed by atoms with Crippen LogP contribution in [0.5, 0.6) is 0 Å². The van der Waals surface area contributed by atoms with Crippen molar-refractivity contribution in [3.05, 3.63) is 74.8 Å². The average molecular weight is 602 g/mol. The van der Waals surface area contributed by atoms with Crippen molar-refractivity contribution in [2.45, 2.75) is 72.3 Å². The molecule has 1 aliphatic carbocycles. The molecule has 0 radical (unpaired) electrons. The zero-order valence-corrected chi connectivity index (χ0v) is 26.2. The zero-order valence-electron chi connectivity index (χ0n) is 24.7. The summed E-state index contributed by atoms with van der Waals surface area (Å²) in [5, 5.41) is 10.4. The second-order valence-electron chi connectivity index (χ2n) is 10.6. The summed E-state index contributed by atoms with van der Waals surface area (Å²) >= 11 is 12.8. The maximum Gasteiger partial charge on any atom is 0.335 e. The van der Waals surface area contributed by atoms with Gasteiger partial charge in [-0.05, 0) is 73.9 Å². The number of piperidine rings is 1. The first-order valence-corrected chi connectivity index (χ1v) is 15.3. The number of allylic oxidation sites excluding steroid dienone is 1. The van der Waals surface area contributed by atoms with Gasteiger partial charge in [0.05, 0.1) is 34.0 Å². The van der Waals surface area contributed by atoms with Gasteiger partial charge in [-0.1, -0.05) is 69.1 Å². The SMILES string of the molecule is C/C=C(/C(=O)O)c1ccc(N2CCC(OC/C(C(=O)C3CC3)=C(/N)c3c(Cl)cccc3Cl)CC2)cc1C(C)C.CC. The number of anilines is 1. The summed E-state index contributed by atoms with van der Waals surface area (Å²) in [5.41, 5.74) is 10.9. The van der Waals surface area contributed by atoms with Gasteiger partial charge in [0.2, 0.25) is 0 Å². The molecule has 2 aromatic carbocycles. The predicted octanol–water partition coefficient (Wildman–Crippen LogP) is 7.97. The number of ketones is 1. The first-order chi connectivity index (χ1) is 19.6. The summed E-state index contributed by atoms with van der Waals surface area (Å²) in [7, 11) is 0. The summed E-state index contributed by atoms with van der Waals surface area (Å²) in [4.78, 5) is 27.2. The van der Waals surface area contributed by atoms with Crippen LogP contribution in [0.3, 0.4) is 0 Å². The minimum atomic E-state index is -0.920. The molecule has 0 unspecified atom stereocenters. The van der Waals surface area contributed by atoms with Gasteiger partial charge < -0.3 is 20.5 Å². The summed E-state index contributed by atoms with van der Waals surface area (Å²) in [6.07, 6.45) is 4.96. The molecule has 2 aliphatic rings. The molecule has 4 rings (SSSR count). The lowest BCUT2D eigenvalue weighted by molar-refractivity contribution is -0.130. The van der Waals surface area contributed by atoms with E-state index in [0.717, 1.165) is 55.6 Å². The molecule has 2 fully saturated rings. The maximum atomic E-state index is 13.1. The average Bonchev–Trinajstić information content (AvgIpc) is 3.80. The van der Waals surface area contributed by atoms with E-state index < -0.39 is 5.97 Å². The lowest BCUT2D eigenvalue weighted by Gasteiger charge is -2.34. The molecule has 2 aromatic rings. The molecule has 1 aliphatic heterocycles. The van der Waals surface area contributed by atoms with Crippen molar-refractivity contribution in [3.63, 3.8) is 0 Å². The largest absolute Gasteiger partial charge is 0.478 e. The Balaban J connectivity index is 0.00000226. The lowest BCUT2D eigenvalue weighted by atomic mass is 9.91. The summed E-state index contributed by atoms with van der Waals surface area (Å²) in [5.74, 6) is -0.728. The summed E-state index contributed by atoms with van der Waals surface area (Å²) in [6, 6.07) is 11.2. The van der Waals surface area contributed by atoms with Crippen molar-refractivity contribution in [1.29, 1.82) is 0 Å². The van der Waals surface area contributed by atoms with Gasteiger partial charge in [0.15, 0.2) is 5.78 Å². The number of hydrogen-bond donors (Lipinski definition) is 2. The Kier molecular flexibility index (Phi) is 11.9. The van der Waals surface area contributed by atoms with Gasteiger partial charge in [0, 0.05) is 35.8 Å². The van der Waals surface area contributed by atoms with Crippen LogP contribution in [0.1, 0.15) is 82.9 Å². The number of carboxylic acid groups (broad SMARTS) is 1. The highest BCUT2D eigenvalue weighted by atomic mass is 35.5. The second kappa shape index (κ2) is 14.9. The minimum Gasteiger partial charge on any atom is -0.478 e. The number of ether oxygens (including phenoxy) is 1. The quantitative estimate of drug-likeness (QED) is 0.269. The highest BCUT2D eigenvalue weighted by Gasteiger charge is 2.34. The summed E-state index contributed by atoms with van der Waals surface area (Å²) in [6.45, 7) is 11.6. The number of carbonyl (C=O) groups is 2. The van der Waals surface area contributed by atoms with E-state index in [1.807, 2.05) is 26.0 Å². The molecule has 0 bridgehead atoms. The van der Waals surface area contributed by atoms with Crippen molar-refractivity contribution >= 4 is 51.9 Å². The van der Waals surface area contributed by atoms with Crippen LogP contribution in [-0.4, -0.2) is 42.7 Å². The third-order valence-electron chi connectivity index (χ3n) is 7.54. The molecule has 1 heterocycles. The van der Waals surface area contributed by atoms with Crippen molar-refractivity contribution in [2.24, 2.45) is 11.7 Å². The van der Waals surface area contributed by atoms with Crippen molar-refractivity contribution in [3.8, 4) is 0 Å². The van der Waals surface area contributed by atoms with Gasteiger partial charge in [-0.2, -0.15) is 0 Å². The Bertz CT molecular complexity index is 1290. The molecule has 41 heavy (non-hydrogen) atoms. The number of hydrogen-bond acceptors (Lipinski definition) is 5. The summed E-state index contributed by atoms with van der Waals surface area (Å²) < 4.78 is 6.26. The van der Waals surface area contributed by atoms with Gasteiger partial charge >= 0.3 is 5.97 Å². The molecule has 222 valence electrons. The molecular formula is C33H42Cl2N2O4. The molecule has 3 N–H and O–H groups in total. The van der Waals surface area contributed by atoms with Crippen LogP contribution >= 0.6 is 23.2 Å². The van der Waals surface area contributed by atoms with E-state index in [4.69, 9.17) is 33.7 Å². The highest BCUT2D eigenvalue weighted by Crippen LogP contribution is 2.37. The normalized spacial score (nSPS) is 16.7. The number of aliphatic carboxylic acids is 1. The predicted molar refractivity (Wildman–Crippen MR) is 170 cm³/mol. The molecule has 0 spiro atoms. The fourth-order valence-corrected chi connectivity index (χ4v) is 5.73. The highest BCUT2D eigenvalue weighted by molar-refractivity contribution is 6.37. The fraction of sp³-hybridized carbons (Fsp3) is 0.455. The molecule has 0 atom stereocenters. The van der Waals surface area contributed by atoms with E-state index >= 15 is 0 Å². The Morgan fingerprint density at radius 1 is 1.07 bits per heavy atom. The maximum absolute atomic E-state index is 13.1. The first-order valence-electron chi connectivity index (χ1n) is 14.5. The molecular weight excluding hydrogens is 559 g/mol. The topological polar surface area (TPSA) is 92.9 Å². The van der Waals surface area contributed by atoms with Crippen LogP contribution in [0.2, 0.25) is 10.0 Å². The molecule has 0 amide bonds. The van der Waals surface area contributed by atoms with Crippen LogP contribution in [0, 0.1) is 5.92 Å². The van der Waals surface area contributed by atoms with E-state index in [2.05, 4.69) is 24.8 Å². The number of carbonyl (C=O) groups excluding carboxylic acids is 1. The number of carboxylic acids is 1. The first kappa shape index (κ1) is 32.7. The van der Waals surface area contributed by atoms with Crippen LogP contribution in [0.15, 0.2) is 48.0 Å². The monoisotopic (exact) mass is 600 g/mol. The Morgan fingerprint density at radius 2 is 1.68 bits per heavy atom. The van der Waals surface area contributed by atoms with Crippen LogP contribution in [0.25, 0.3) is 11.3 Å². The smallest absolute Gasteiger partial charge is 0.335 e. The van der Waals surface area contributed by atoms with Gasteiger partial charge in [-0.3, -0.25) is 4.79 Å². The van der Waals surface area contributed by atoms with Gasteiger partial charge in [0.25, 0.3) is 0 Å². The van der Waals surface area contributed by atoms with Crippen LogP contribution < -0.4 is 10.6 Å². The van der Waals surface area contributed by atoms with E-state index in [-0.39, 0.29) is 30.3 Å². The van der Waals surface area contributed by atoms with E-state index in [0.29, 0.717) is 32.5 Å². The molecule has 8 heteroatoms. The number of nitrogens with zero attached hydrogens (tertiary/aromatic N) is 1. The number of rotatable bonds is 10. The second-order valence-corrected chi connectivity index (χ2v) is 11.4. The molecule has 1 saturated heterocycles. The third kappa shape index (κ3) is 7.94.